The van der Waals surface area contributed by atoms with Gasteiger partial charge < -0.3 is 0 Å². The maximum absolute atomic E-state index is 5.95. The van der Waals surface area contributed by atoms with E-state index in [2.05, 4.69) is 26.5 Å². The Hall–Kier alpha value is -0.490. The van der Waals surface area contributed by atoms with Crippen LogP contribution in [0.1, 0.15) is 39.5 Å². The fraction of sp³-hybridized carbons (Fsp3) is 0.500. The Morgan fingerprint density at radius 2 is 2.00 bits per heavy atom. The van der Waals surface area contributed by atoms with Gasteiger partial charge in [-0.3, -0.25) is 0 Å². The van der Waals surface area contributed by atoms with Gasteiger partial charge in [0.2, 0.25) is 0 Å². The molecule has 0 rings (SSSR count). The zero-order chi connectivity index (χ0) is 10.1. The average molecular weight is 199 g/mol. The fourth-order valence-corrected chi connectivity index (χ4v) is 1.000. The fourth-order valence-electron chi connectivity index (χ4n) is 0.827. The lowest BCUT2D eigenvalue weighted by Crippen LogP contribution is -1.72. The van der Waals surface area contributed by atoms with Crippen molar-refractivity contribution in [3.8, 4) is 0 Å². The Balaban J connectivity index is 3.83. The van der Waals surface area contributed by atoms with E-state index in [1.807, 2.05) is 12.2 Å². The van der Waals surface area contributed by atoms with E-state index in [1.165, 1.54) is 12.8 Å². The summed E-state index contributed by atoms with van der Waals surface area (Å²) in [7, 11) is 0. The normalized spacial score (nSPS) is 12.4. The average Bonchev–Trinajstić information content (AvgIpc) is 2.14. The maximum Gasteiger partial charge on any atom is 0.0366 e. The number of hydrogen-bond donors (Lipinski definition) is 0. The van der Waals surface area contributed by atoms with E-state index >= 15 is 0 Å². The summed E-state index contributed by atoms with van der Waals surface area (Å²) < 4.78 is 0. The highest BCUT2D eigenvalue weighted by Gasteiger charge is 1.86. The van der Waals surface area contributed by atoms with Gasteiger partial charge in [0, 0.05) is 5.03 Å². The second-order valence-electron chi connectivity index (χ2n) is 3.08. The van der Waals surface area contributed by atoms with Crippen molar-refractivity contribution >= 4 is 11.6 Å². The van der Waals surface area contributed by atoms with Gasteiger partial charge in [0.15, 0.2) is 0 Å². The Morgan fingerprint density at radius 1 is 1.31 bits per heavy atom. The van der Waals surface area contributed by atoms with Gasteiger partial charge in [-0.1, -0.05) is 62.6 Å². The first-order valence-electron chi connectivity index (χ1n) is 4.92. The van der Waals surface area contributed by atoms with Crippen LogP contribution >= 0.6 is 11.6 Å². The number of hydrogen-bond acceptors (Lipinski definition) is 0. The van der Waals surface area contributed by atoms with E-state index in [9.17, 15) is 0 Å². The van der Waals surface area contributed by atoms with Gasteiger partial charge >= 0.3 is 0 Å². The van der Waals surface area contributed by atoms with Crippen molar-refractivity contribution < 1.29 is 0 Å². The second-order valence-corrected chi connectivity index (χ2v) is 3.51. The third-order valence-corrected chi connectivity index (χ3v) is 2.11. The first-order chi connectivity index (χ1) is 6.20. The molecule has 0 atom stereocenters. The van der Waals surface area contributed by atoms with Crippen molar-refractivity contribution in [2.45, 2.75) is 39.5 Å². The number of unbranched alkanes of at least 4 members (excludes halogenated alkanes) is 2. The summed E-state index contributed by atoms with van der Waals surface area (Å²) in [5.41, 5.74) is 1.11. The molecule has 0 aliphatic rings. The van der Waals surface area contributed by atoms with E-state index in [0.29, 0.717) is 0 Å². The molecule has 13 heavy (non-hydrogen) atoms. The lowest BCUT2D eigenvalue weighted by molar-refractivity contribution is 0.814. The van der Waals surface area contributed by atoms with E-state index in [1.54, 1.807) is 0 Å². The molecular formula is C12H19Cl. The minimum absolute atomic E-state index is 0.822. The third-order valence-electron chi connectivity index (χ3n) is 1.83. The predicted molar refractivity (Wildman–Crippen MR) is 62.0 cm³/mol. The highest BCUT2D eigenvalue weighted by Crippen LogP contribution is 2.09. The molecule has 0 bridgehead atoms. The molecule has 0 fully saturated rings. The topological polar surface area (TPSA) is 0 Å². The number of rotatable bonds is 6. The summed E-state index contributed by atoms with van der Waals surface area (Å²) in [4.78, 5) is 0. The van der Waals surface area contributed by atoms with Crippen LogP contribution in [-0.2, 0) is 0 Å². The Morgan fingerprint density at radius 3 is 2.54 bits per heavy atom. The molecule has 0 aromatic heterocycles. The number of allylic oxidation sites excluding steroid dienone is 5. The molecule has 0 aromatic carbocycles. The molecule has 0 aromatic rings. The molecule has 1 heteroatoms. The van der Waals surface area contributed by atoms with Crippen molar-refractivity contribution in [1.82, 2.24) is 0 Å². The summed E-state index contributed by atoms with van der Waals surface area (Å²) in [6.07, 6.45) is 10.4. The SMILES string of the molecule is C=C(/C=C\C(Cl)=C/CCCC)CC. The predicted octanol–water partition coefficient (Wildman–Crippen LogP) is 4.82. The van der Waals surface area contributed by atoms with E-state index in [4.69, 9.17) is 11.6 Å². The molecule has 0 spiro atoms. The standard InChI is InChI=1S/C12H19Cl/c1-4-6-7-8-12(13)10-9-11(3)5-2/h8-10H,3-7H2,1-2H3/b10-9-,12-8+. The quantitative estimate of drug-likeness (QED) is 0.424. The minimum atomic E-state index is 0.822. The smallest absolute Gasteiger partial charge is 0.0366 e. The van der Waals surface area contributed by atoms with Gasteiger partial charge in [0.05, 0.1) is 0 Å². The van der Waals surface area contributed by atoms with Gasteiger partial charge in [-0.25, -0.2) is 0 Å². The monoisotopic (exact) mass is 198 g/mol. The summed E-state index contributed by atoms with van der Waals surface area (Å²) in [6.45, 7) is 8.13. The molecule has 0 aliphatic carbocycles. The summed E-state index contributed by atoms with van der Waals surface area (Å²) in [6, 6.07) is 0. The van der Waals surface area contributed by atoms with E-state index in [-0.39, 0.29) is 0 Å². The van der Waals surface area contributed by atoms with Crippen molar-refractivity contribution in [2.24, 2.45) is 0 Å². The van der Waals surface area contributed by atoms with E-state index in [0.717, 1.165) is 23.4 Å². The summed E-state index contributed by atoms with van der Waals surface area (Å²) in [5.74, 6) is 0. The largest absolute Gasteiger partial charge is 0.0958 e. The van der Waals surface area contributed by atoms with Gasteiger partial charge in [-0.2, -0.15) is 0 Å². The molecule has 0 radical (unpaired) electrons. The second kappa shape index (κ2) is 8.12. The third kappa shape index (κ3) is 7.86. The first kappa shape index (κ1) is 12.5. The van der Waals surface area contributed by atoms with Crippen LogP contribution in [-0.4, -0.2) is 0 Å². The van der Waals surface area contributed by atoms with Crippen LogP contribution in [0.4, 0.5) is 0 Å². The van der Waals surface area contributed by atoms with Gasteiger partial charge in [-0.15, -0.1) is 0 Å². The molecule has 0 saturated carbocycles. The first-order valence-corrected chi connectivity index (χ1v) is 5.30. The van der Waals surface area contributed by atoms with Crippen LogP contribution in [0.15, 0.2) is 35.4 Å². The summed E-state index contributed by atoms with van der Waals surface area (Å²) in [5, 5.41) is 0.822. The van der Waals surface area contributed by atoms with Crippen molar-refractivity contribution in [3.05, 3.63) is 35.4 Å². The minimum Gasteiger partial charge on any atom is -0.0958 e. The molecule has 0 nitrogen and oxygen atoms in total. The van der Waals surface area contributed by atoms with Gasteiger partial charge in [0.1, 0.15) is 0 Å². The van der Waals surface area contributed by atoms with Crippen LogP contribution in [0, 0.1) is 0 Å². The Bertz CT molecular complexity index is 199. The molecule has 0 saturated heterocycles. The van der Waals surface area contributed by atoms with E-state index < -0.39 is 0 Å². The molecule has 0 aliphatic heterocycles. The van der Waals surface area contributed by atoms with Gasteiger partial charge in [0.25, 0.3) is 0 Å². The zero-order valence-corrected chi connectivity index (χ0v) is 9.40. The molecular weight excluding hydrogens is 180 g/mol. The lowest BCUT2D eigenvalue weighted by Gasteiger charge is -1.93. The molecule has 0 heterocycles. The Labute approximate surface area is 87.0 Å². The van der Waals surface area contributed by atoms with Gasteiger partial charge in [-0.05, 0) is 18.9 Å². The zero-order valence-electron chi connectivity index (χ0n) is 8.65. The van der Waals surface area contributed by atoms with Crippen molar-refractivity contribution in [3.63, 3.8) is 0 Å². The molecule has 0 amide bonds. The molecule has 0 N–H and O–H groups in total. The lowest BCUT2D eigenvalue weighted by atomic mass is 10.2. The van der Waals surface area contributed by atoms with Crippen LogP contribution in [0.25, 0.3) is 0 Å². The highest BCUT2D eigenvalue weighted by atomic mass is 35.5. The number of halogens is 1. The van der Waals surface area contributed by atoms with Crippen LogP contribution in [0.3, 0.4) is 0 Å². The van der Waals surface area contributed by atoms with Crippen LogP contribution in [0.5, 0.6) is 0 Å². The van der Waals surface area contributed by atoms with Crippen molar-refractivity contribution in [2.75, 3.05) is 0 Å². The highest BCUT2D eigenvalue weighted by molar-refractivity contribution is 6.31. The molecule has 0 unspecified atom stereocenters. The van der Waals surface area contributed by atoms with Crippen molar-refractivity contribution in [1.29, 1.82) is 0 Å². The van der Waals surface area contributed by atoms with Crippen LogP contribution < -0.4 is 0 Å². The Kier molecular flexibility index (Phi) is 7.82. The summed E-state index contributed by atoms with van der Waals surface area (Å²) >= 11 is 5.95. The van der Waals surface area contributed by atoms with Crippen LogP contribution in [0.2, 0.25) is 0 Å². The maximum atomic E-state index is 5.95. The molecule has 74 valence electrons.